The van der Waals surface area contributed by atoms with Crippen LogP contribution in [0.4, 0.5) is 4.79 Å². The molecule has 0 aliphatic carbocycles. The van der Waals surface area contributed by atoms with E-state index in [4.69, 9.17) is 9.47 Å². The predicted octanol–water partition coefficient (Wildman–Crippen LogP) is 5.98. The second kappa shape index (κ2) is 16.1. The standard InChI is InChI=1S/C17H32O3/c1-3-5-7-8-9-10-11-12-13-14-16-20-17(18)19-15-6-4-2/h14,16H,3-13,15H2,1-2H3. The lowest BCUT2D eigenvalue weighted by Gasteiger charge is -2.01. The van der Waals surface area contributed by atoms with Gasteiger partial charge in [0, 0.05) is 0 Å². The lowest BCUT2D eigenvalue weighted by molar-refractivity contribution is 0.0834. The van der Waals surface area contributed by atoms with Gasteiger partial charge < -0.3 is 9.47 Å². The molecule has 0 rings (SSSR count). The largest absolute Gasteiger partial charge is 0.513 e. The van der Waals surface area contributed by atoms with E-state index in [0.717, 1.165) is 19.3 Å². The molecule has 20 heavy (non-hydrogen) atoms. The molecule has 0 saturated heterocycles. The van der Waals surface area contributed by atoms with Gasteiger partial charge in [0.25, 0.3) is 0 Å². The minimum absolute atomic E-state index is 0.446. The van der Waals surface area contributed by atoms with Crippen molar-refractivity contribution < 1.29 is 14.3 Å². The zero-order valence-corrected chi connectivity index (χ0v) is 13.4. The minimum atomic E-state index is -0.592. The molecule has 0 heterocycles. The van der Waals surface area contributed by atoms with Gasteiger partial charge in [-0.1, -0.05) is 65.2 Å². The van der Waals surface area contributed by atoms with Crippen LogP contribution in [-0.4, -0.2) is 12.8 Å². The van der Waals surface area contributed by atoms with Crippen LogP contribution in [0.5, 0.6) is 0 Å². The van der Waals surface area contributed by atoms with Gasteiger partial charge in [0.05, 0.1) is 12.9 Å². The summed E-state index contributed by atoms with van der Waals surface area (Å²) < 4.78 is 9.68. The van der Waals surface area contributed by atoms with Gasteiger partial charge in [0.2, 0.25) is 0 Å². The van der Waals surface area contributed by atoms with Gasteiger partial charge in [-0.2, -0.15) is 0 Å². The summed E-state index contributed by atoms with van der Waals surface area (Å²) in [5.41, 5.74) is 0. The van der Waals surface area contributed by atoms with Crippen LogP contribution < -0.4 is 0 Å². The number of unbranched alkanes of at least 4 members (excludes halogenated alkanes) is 9. The number of ether oxygens (including phenoxy) is 2. The topological polar surface area (TPSA) is 35.5 Å². The summed E-state index contributed by atoms with van der Waals surface area (Å²) in [5.74, 6) is 0. The average Bonchev–Trinajstić information content (AvgIpc) is 2.45. The maximum atomic E-state index is 11.1. The highest BCUT2D eigenvalue weighted by atomic mass is 16.7. The number of allylic oxidation sites excluding steroid dienone is 1. The Morgan fingerprint density at radius 2 is 1.45 bits per heavy atom. The summed E-state index contributed by atoms with van der Waals surface area (Å²) in [4.78, 5) is 11.1. The summed E-state index contributed by atoms with van der Waals surface area (Å²) in [7, 11) is 0. The van der Waals surface area contributed by atoms with E-state index in [0.29, 0.717) is 6.61 Å². The summed E-state index contributed by atoms with van der Waals surface area (Å²) in [6, 6.07) is 0. The Hall–Kier alpha value is -0.990. The minimum Gasteiger partial charge on any atom is -0.434 e. The van der Waals surface area contributed by atoms with Crippen LogP contribution in [0.15, 0.2) is 12.3 Å². The molecule has 0 radical (unpaired) electrons. The number of carbonyl (C=O) groups is 1. The van der Waals surface area contributed by atoms with Crippen molar-refractivity contribution in [3.05, 3.63) is 12.3 Å². The first-order valence-corrected chi connectivity index (χ1v) is 8.29. The average molecular weight is 284 g/mol. The number of rotatable bonds is 13. The maximum Gasteiger partial charge on any atom is 0.513 e. The van der Waals surface area contributed by atoms with Crippen LogP contribution in [0, 0.1) is 0 Å². The molecule has 0 unspecified atom stereocenters. The molecule has 0 aromatic carbocycles. The Morgan fingerprint density at radius 1 is 0.850 bits per heavy atom. The van der Waals surface area contributed by atoms with Crippen LogP contribution >= 0.6 is 0 Å². The molecule has 0 fully saturated rings. The SMILES string of the molecule is CCCCCCCCCCC=COC(=O)OCCCC. The molecule has 0 atom stereocenters. The molecule has 0 spiro atoms. The van der Waals surface area contributed by atoms with E-state index in [2.05, 4.69) is 13.8 Å². The molecule has 0 amide bonds. The van der Waals surface area contributed by atoms with E-state index in [-0.39, 0.29) is 0 Å². The van der Waals surface area contributed by atoms with E-state index >= 15 is 0 Å². The first-order valence-electron chi connectivity index (χ1n) is 8.29. The second-order valence-electron chi connectivity index (χ2n) is 5.21. The highest BCUT2D eigenvalue weighted by Crippen LogP contribution is 2.09. The Kier molecular flexibility index (Phi) is 15.3. The molecular weight excluding hydrogens is 252 g/mol. The van der Waals surface area contributed by atoms with E-state index < -0.39 is 6.16 Å². The first kappa shape index (κ1) is 19.0. The summed E-state index contributed by atoms with van der Waals surface area (Å²) in [6.07, 6.45) is 16.2. The monoisotopic (exact) mass is 284 g/mol. The van der Waals surface area contributed by atoms with Crippen molar-refractivity contribution in [2.75, 3.05) is 6.61 Å². The number of carbonyl (C=O) groups excluding carboxylic acids is 1. The van der Waals surface area contributed by atoms with Gasteiger partial charge in [0.1, 0.15) is 0 Å². The highest BCUT2D eigenvalue weighted by Gasteiger charge is 1.99. The van der Waals surface area contributed by atoms with Crippen LogP contribution in [0.2, 0.25) is 0 Å². The normalized spacial score (nSPS) is 10.9. The van der Waals surface area contributed by atoms with Crippen LogP contribution in [-0.2, 0) is 9.47 Å². The predicted molar refractivity (Wildman–Crippen MR) is 83.7 cm³/mol. The fourth-order valence-electron chi connectivity index (χ4n) is 1.90. The molecule has 3 nitrogen and oxygen atoms in total. The third kappa shape index (κ3) is 15.1. The molecule has 118 valence electrons. The fraction of sp³-hybridized carbons (Fsp3) is 0.824. The number of hydrogen-bond donors (Lipinski definition) is 0. The smallest absolute Gasteiger partial charge is 0.434 e. The van der Waals surface area contributed by atoms with Gasteiger partial charge in [-0.15, -0.1) is 0 Å². The molecule has 0 aliphatic heterocycles. The molecular formula is C17H32O3. The molecule has 0 saturated carbocycles. The third-order valence-corrected chi connectivity index (χ3v) is 3.20. The van der Waals surface area contributed by atoms with E-state index in [1.807, 2.05) is 6.08 Å². The van der Waals surface area contributed by atoms with Crippen molar-refractivity contribution in [3.8, 4) is 0 Å². The fourth-order valence-corrected chi connectivity index (χ4v) is 1.90. The van der Waals surface area contributed by atoms with Gasteiger partial charge in [-0.25, -0.2) is 4.79 Å². The summed E-state index contributed by atoms with van der Waals surface area (Å²) in [6.45, 7) is 4.74. The molecule has 0 bridgehead atoms. The van der Waals surface area contributed by atoms with Crippen LogP contribution in [0.3, 0.4) is 0 Å². The van der Waals surface area contributed by atoms with Crippen LogP contribution in [0.1, 0.15) is 84.5 Å². The zero-order valence-electron chi connectivity index (χ0n) is 13.4. The van der Waals surface area contributed by atoms with Crippen molar-refractivity contribution in [1.29, 1.82) is 0 Å². The van der Waals surface area contributed by atoms with E-state index in [1.165, 1.54) is 57.6 Å². The Morgan fingerprint density at radius 3 is 2.10 bits per heavy atom. The zero-order chi connectivity index (χ0) is 14.9. The van der Waals surface area contributed by atoms with Crippen molar-refractivity contribution in [2.45, 2.75) is 84.5 Å². The van der Waals surface area contributed by atoms with Crippen molar-refractivity contribution >= 4 is 6.16 Å². The van der Waals surface area contributed by atoms with E-state index in [1.54, 1.807) is 0 Å². The lowest BCUT2D eigenvalue weighted by atomic mass is 10.1. The van der Waals surface area contributed by atoms with Crippen molar-refractivity contribution in [2.24, 2.45) is 0 Å². The quantitative estimate of drug-likeness (QED) is 0.237. The van der Waals surface area contributed by atoms with Gasteiger partial charge >= 0.3 is 6.16 Å². The third-order valence-electron chi connectivity index (χ3n) is 3.20. The van der Waals surface area contributed by atoms with Crippen molar-refractivity contribution in [3.63, 3.8) is 0 Å². The molecule has 0 aliphatic rings. The second-order valence-corrected chi connectivity index (χ2v) is 5.21. The maximum absolute atomic E-state index is 11.1. The van der Waals surface area contributed by atoms with Gasteiger partial charge in [0.15, 0.2) is 0 Å². The summed E-state index contributed by atoms with van der Waals surface area (Å²) in [5, 5.41) is 0. The molecule has 0 aromatic rings. The Balaban J connectivity index is 3.21. The molecule has 0 N–H and O–H groups in total. The van der Waals surface area contributed by atoms with Crippen molar-refractivity contribution in [1.82, 2.24) is 0 Å². The Bertz CT molecular complexity index is 236. The van der Waals surface area contributed by atoms with Gasteiger partial charge in [-0.3, -0.25) is 0 Å². The lowest BCUT2D eigenvalue weighted by Crippen LogP contribution is -2.04. The summed E-state index contributed by atoms with van der Waals surface area (Å²) >= 11 is 0. The number of hydrogen-bond acceptors (Lipinski definition) is 3. The van der Waals surface area contributed by atoms with E-state index in [9.17, 15) is 4.79 Å². The highest BCUT2D eigenvalue weighted by molar-refractivity contribution is 5.60. The molecule has 0 aromatic heterocycles. The molecule has 3 heteroatoms. The Labute approximate surface area is 124 Å². The van der Waals surface area contributed by atoms with Crippen LogP contribution in [0.25, 0.3) is 0 Å². The van der Waals surface area contributed by atoms with Gasteiger partial charge in [-0.05, 0) is 25.3 Å². The first-order chi connectivity index (χ1) is 9.81.